The Balaban J connectivity index is 1.97. The highest BCUT2D eigenvalue weighted by Crippen LogP contribution is 2.31. The van der Waals surface area contributed by atoms with Crippen LogP contribution in [0.15, 0.2) is 53.7 Å². The van der Waals surface area contributed by atoms with E-state index in [0.29, 0.717) is 16.0 Å². The van der Waals surface area contributed by atoms with Crippen LogP contribution in [-0.2, 0) is 9.59 Å². The molecule has 0 unspecified atom stereocenters. The number of hydrogen-bond acceptors (Lipinski definition) is 6. The number of hydrogen-bond donors (Lipinski definition) is 2. The number of nitrogens with one attached hydrogen (secondary N) is 2. The third-order valence-corrected chi connectivity index (χ3v) is 5.37. The minimum Gasteiger partial charge on any atom is -0.497 e. The first-order chi connectivity index (χ1) is 14.4. The van der Waals surface area contributed by atoms with E-state index >= 15 is 0 Å². The van der Waals surface area contributed by atoms with E-state index in [-0.39, 0.29) is 11.8 Å². The van der Waals surface area contributed by atoms with Gasteiger partial charge in [-0.05, 0) is 55.5 Å². The maximum atomic E-state index is 12.3. The molecule has 30 heavy (non-hydrogen) atoms. The van der Waals surface area contributed by atoms with Gasteiger partial charge in [0.1, 0.15) is 5.75 Å². The number of nitrogens with zero attached hydrogens (tertiary/aromatic N) is 3. The van der Waals surface area contributed by atoms with Gasteiger partial charge >= 0.3 is 0 Å². The molecule has 3 rings (SSSR count). The lowest BCUT2D eigenvalue weighted by Crippen LogP contribution is -2.43. The van der Waals surface area contributed by atoms with Gasteiger partial charge < -0.3 is 4.74 Å². The van der Waals surface area contributed by atoms with Crippen LogP contribution in [0.1, 0.15) is 13.8 Å². The van der Waals surface area contributed by atoms with Crippen molar-refractivity contribution in [2.45, 2.75) is 24.3 Å². The van der Waals surface area contributed by atoms with E-state index < -0.39 is 5.25 Å². The summed E-state index contributed by atoms with van der Waals surface area (Å²) in [5.41, 5.74) is 6.29. The SMILES string of the molecule is COc1ccc(-n2c(S[C@@H](C)C(=O)NNC(C)=O)nnc2-c2ccc(Cl)cc2)cc1. The lowest BCUT2D eigenvalue weighted by Gasteiger charge is -2.14. The van der Waals surface area contributed by atoms with E-state index in [1.54, 1.807) is 26.2 Å². The maximum absolute atomic E-state index is 12.3. The van der Waals surface area contributed by atoms with Gasteiger partial charge in [0.05, 0.1) is 12.4 Å². The van der Waals surface area contributed by atoms with Crippen LogP contribution in [0.25, 0.3) is 17.1 Å². The van der Waals surface area contributed by atoms with Crippen LogP contribution < -0.4 is 15.6 Å². The van der Waals surface area contributed by atoms with Crippen LogP contribution in [0.5, 0.6) is 5.75 Å². The fraction of sp³-hybridized carbons (Fsp3) is 0.200. The van der Waals surface area contributed by atoms with E-state index in [2.05, 4.69) is 21.0 Å². The van der Waals surface area contributed by atoms with Gasteiger partial charge in [0.15, 0.2) is 11.0 Å². The number of methoxy groups -OCH3 is 1. The number of carbonyl (C=O) groups excluding carboxylic acids is 2. The molecule has 0 fully saturated rings. The molecule has 8 nitrogen and oxygen atoms in total. The molecule has 0 spiro atoms. The van der Waals surface area contributed by atoms with Crippen molar-refractivity contribution < 1.29 is 14.3 Å². The zero-order valence-corrected chi connectivity index (χ0v) is 18.1. The molecule has 0 radical (unpaired) electrons. The second-order valence-electron chi connectivity index (χ2n) is 6.28. The van der Waals surface area contributed by atoms with Crippen molar-refractivity contribution in [3.8, 4) is 22.8 Å². The fourth-order valence-corrected chi connectivity index (χ4v) is 3.55. The average Bonchev–Trinajstić information content (AvgIpc) is 3.15. The summed E-state index contributed by atoms with van der Waals surface area (Å²) in [4.78, 5) is 23.3. The predicted molar refractivity (Wildman–Crippen MR) is 116 cm³/mol. The zero-order valence-electron chi connectivity index (χ0n) is 16.5. The van der Waals surface area contributed by atoms with E-state index in [9.17, 15) is 9.59 Å². The second kappa shape index (κ2) is 9.64. The third-order valence-electron chi connectivity index (χ3n) is 4.08. The number of benzene rings is 2. The number of ether oxygens (including phenoxy) is 1. The Morgan fingerprint density at radius 3 is 2.33 bits per heavy atom. The van der Waals surface area contributed by atoms with Crippen LogP contribution in [0.4, 0.5) is 0 Å². The number of thioether (sulfide) groups is 1. The molecule has 0 saturated carbocycles. The van der Waals surface area contributed by atoms with Crippen molar-refractivity contribution in [1.82, 2.24) is 25.6 Å². The molecule has 1 heterocycles. The Morgan fingerprint density at radius 1 is 1.07 bits per heavy atom. The van der Waals surface area contributed by atoms with Crippen LogP contribution in [0.3, 0.4) is 0 Å². The molecule has 3 aromatic rings. The highest BCUT2D eigenvalue weighted by atomic mass is 35.5. The number of halogens is 1. The molecule has 10 heteroatoms. The summed E-state index contributed by atoms with van der Waals surface area (Å²) < 4.78 is 7.10. The molecule has 1 aromatic heterocycles. The minimum atomic E-state index is -0.531. The molecular formula is C20H20ClN5O3S. The van der Waals surface area contributed by atoms with Crippen molar-refractivity contribution in [3.63, 3.8) is 0 Å². The molecule has 1 atom stereocenters. The molecule has 156 valence electrons. The lowest BCUT2D eigenvalue weighted by molar-refractivity contribution is -0.127. The summed E-state index contributed by atoms with van der Waals surface area (Å²) in [5, 5.41) is 9.24. The van der Waals surface area contributed by atoms with Gasteiger partial charge in [0.25, 0.3) is 5.91 Å². The van der Waals surface area contributed by atoms with Gasteiger partial charge in [-0.3, -0.25) is 25.0 Å². The molecule has 0 aliphatic heterocycles. The smallest absolute Gasteiger partial charge is 0.251 e. The van der Waals surface area contributed by atoms with Crippen LogP contribution in [0.2, 0.25) is 5.02 Å². The Hall–Kier alpha value is -3.04. The van der Waals surface area contributed by atoms with Gasteiger partial charge in [-0.2, -0.15) is 0 Å². The van der Waals surface area contributed by atoms with Crippen molar-refractivity contribution in [3.05, 3.63) is 53.6 Å². The van der Waals surface area contributed by atoms with Crippen LogP contribution in [0, 0.1) is 0 Å². The van der Waals surface area contributed by atoms with Crippen molar-refractivity contribution in [1.29, 1.82) is 0 Å². The van der Waals surface area contributed by atoms with E-state index in [1.807, 2.05) is 41.0 Å². The molecule has 0 saturated heterocycles. The summed E-state index contributed by atoms with van der Waals surface area (Å²) in [6, 6.07) is 14.7. The standard InChI is InChI=1S/C20H20ClN5O3S/c1-12(19(28)24-22-13(2)27)30-20-25-23-18(14-4-6-15(21)7-5-14)26(20)16-8-10-17(29-3)11-9-16/h4-12H,1-3H3,(H,22,27)(H,24,28)/t12-/m0/s1. The topological polar surface area (TPSA) is 98.1 Å². The molecule has 2 amide bonds. The third kappa shape index (κ3) is 5.11. The number of amides is 2. The van der Waals surface area contributed by atoms with Crippen molar-refractivity contribution >= 4 is 35.2 Å². The van der Waals surface area contributed by atoms with Crippen LogP contribution in [-0.4, -0.2) is 38.9 Å². The van der Waals surface area contributed by atoms with Gasteiger partial charge in [0, 0.05) is 23.2 Å². The molecule has 0 aliphatic carbocycles. The monoisotopic (exact) mass is 445 g/mol. The largest absolute Gasteiger partial charge is 0.497 e. The van der Waals surface area contributed by atoms with Gasteiger partial charge in [-0.25, -0.2) is 0 Å². The Kier molecular flexibility index (Phi) is 6.96. The Bertz CT molecular complexity index is 1040. The normalized spacial score (nSPS) is 11.6. The molecule has 0 bridgehead atoms. The highest BCUT2D eigenvalue weighted by Gasteiger charge is 2.22. The molecule has 0 aliphatic rings. The zero-order chi connectivity index (χ0) is 21.7. The summed E-state index contributed by atoms with van der Waals surface area (Å²) >= 11 is 7.24. The maximum Gasteiger partial charge on any atom is 0.251 e. The first kappa shape index (κ1) is 21.7. The molecule has 2 N–H and O–H groups in total. The minimum absolute atomic E-state index is 0.354. The quantitative estimate of drug-likeness (QED) is 0.446. The summed E-state index contributed by atoms with van der Waals surface area (Å²) in [7, 11) is 1.60. The Morgan fingerprint density at radius 2 is 1.73 bits per heavy atom. The van der Waals surface area contributed by atoms with Crippen molar-refractivity contribution in [2.75, 3.05) is 7.11 Å². The van der Waals surface area contributed by atoms with Crippen molar-refractivity contribution in [2.24, 2.45) is 0 Å². The van der Waals surface area contributed by atoms with Gasteiger partial charge in [0.2, 0.25) is 5.91 Å². The average molecular weight is 446 g/mol. The first-order valence-corrected chi connectivity index (χ1v) is 10.2. The molecular weight excluding hydrogens is 426 g/mol. The first-order valence-electron chi connectivity index (χ1n) is 8.98. The summed E-state index contributed by atoms with van der Waals surface area (Å²) in [6.45, 7) is 3.04. The number of carbonyl (C=O) groups is 2. The number of hydrazine groups is 1. The molecule has 2 aromatic carbocycles. The predicted octanol–water partition coefficient (Wildman–Crippen LogP) is 3.24. The van der Waals surface area contributed by atoms with E-state index in [0.717, 1.165) is 17.0 Å². The van der Waals surface area contributed by atoms with Crippen LogP contribution >= 0.6 is 23.4 Å². The second-order valence-corrected chi connectivity index (χ2v) is 8.02. The summed E-state index contributed by atoms with van der Waals surface area (Å²) in [6.07, 6.45) is 0. The number of aromatic nitrogens is 3. The number of rotatable bonds is 6. The highest BCUT2D eigenvalue weighted by molar-refractivity contribution is 8.00. The summed E-state index contributed by atoms with van der Waals surface area (Å²) in [5.74, 6) is 0.616. The lowest BCUT2D eigenvalue weighted by atomic mass is 10.2. The fourth-order valence-electron chi connectivity index (χ4n) is 2.56. The van der Waals surface area contributed by atoms with Gasteiger partial charge in [-0.1, -0.05) is 23.4 Å². The van der Waals surface area contributed by atoms with E-state index in [1.165, 1.54) is 18.7 Å². The van der Waals surface area contributed by atoms with Gasteiger partial charge in [-0.15, -0.1) is 10.2 Å². The van der Waals surface area contributed by atoms with E-state index in [4.69, 9.17) is 16.3 Å². The Labute approximate surface area is 182 Å².